The summed E-state index contributed by atoms with van der Waals surface area (Å²) in [4.78, 5) is 10.5. The molecule has 1 N–H and O–H groups in total. The van der Waals surface area contributed by atoms with E-state index in [1.54, 1.807) is 25.1 Å². The van der Waals surface area contributed by atoms with Crippen molar-refractivity contribution in [2.45, 2.75) is 51.8 Å². The van der Waals surface area contributed by atoms with E-state index in [9.17, 15) is 26.7 Å². The van der Waals surface area contributed by atoms with Gasteiger partial charge in [0, 0.05) is 43.7 Å². The quantitative estimate of drug-likeness (QED) is 0.248. The van der Waals surface area contributed by atoms with Crippen molar-refractivity contribution in [3.05, 3.63) is 65.5 Å². The summed E-state index contributed by atoms with van der Waals surface area (Å²) >= 11 is 0. The fourth-order valence-corrected chi connectivity index (χ4v) is 7.64. The third kappa shape index (κ3) is 6.77. The van der Waals surface area contributed by atoms with E-state index >= 15 is 0 Å². The molecular formula is C31H37F3N8O4S. The van der Waals surface area contributed by atoms with Crippen LogP contribution >= 0.6 is 0 Å². The minimum Gasteiger partial charge on any atom is -0.488 e. The second-order valence-electron chi connectivity index (χ2n) is 12.4. The van der Waals surface area contributed by atoms with E-state index in [-0.39, 0.29) is 35.1 Å². The number of hydrogen-bond donors (Lipinski definition) is 1. The number of piperidine rings is 1. The van der Waals surface area contributed by atoms with Gasteiger partial charge in [-0.3, -0.25) is 9.55 Å². The van der Waals surface area contributed by atoms with Crippen LogP contribution in [-0.2, 0) is 15.6 Å². The fourth-order valence-electron chi connectivity index (χ4n) is 6.28. The minimum atomic E-state index is -3.31. The maximum atomic E-state index is 13.9. The van der Waals surface area contributed by atoms with Crippen LogP contribution < -0.4 is 4.74 Å². The number of hydrogen-bond acceptors (Lipinski definition) is 9. The van der Waals surface area contributed by atoms with Crippen molar-refractivity contribution < 1.29 is 31.4 Å². The SMILES string of the molecule is C/C=C/S(=O)(=O)N1CC(CN2CCC(n3nnc(-c4cc(OCC(C)(O)c5ccc(F)cn5)c5c(c4)ncn5C(F)F)c3C)CC2)C1. The second kappa shape index (κ2) is 13.0. The maximum absolute atomic E-state index is 13.9. The fraction of sp³-hybridized carbons (Fsp3) is 0.484. The summed E-state index contributed by atoms with van der Waals surface area (Å²) in [7, 11) is -3.31. The van der Waals surface area contributed by atoms with Crippen LogP contribution in [0.25, 0.3) is 22.3 Å². The summed E-state index contributed by atoms with van der Waals surface area (Å²) in [5.41, 5.74) is 0.733. The number of likely N-dealkylation sites (tertiary alicyclic amines) is 1. The van der Waals surface area contributed by atoms with E-state index in [4.69, 9.17) is 4.74 Å². The molecule has 252 valence electrons. The summed E-state index contributed by atoms with van der Waals surface area (Å²) < 4.78 is 75.6. The highest BCUT2D eigenvalue weighted by molar-refractivity contribution is 7.92. The van der Waals surface area contributed by atoms with Crippen LogP contribution in [0.5, 0.6) is 5.75 Å². The zero-order chi connectivity index (χ0) is 33.5. The summed E-state index contributed by atoms with van der Waals surface area (Å²) in [5, 5.41) is 21.2. The number of benzene rings is 1. The molecule has 3 aromatic heterocycles. The lowest BCUT2D eigenvalue weighted by Gasteiger charge is -2.41. The lowest BCUT2D eigenvalue weighted by atomic mass is 9.99. The molecule has 0 saturated carbocycles. The number of allylic oxidation sites excluding steroid dienone is 1. The van der Waals surface area contributed by atoms with Crippen LogP contribution in [0.3, 0.4) is 0 Å². The zero-order valence-corrected chi connectivity index (χ0v) is 27.1. The number of aromatic nitrogens is 6. The predicted molar refractivity (Wildman–Crippen MR) is 168 cm³/mol. The largest absolute Gasteiger partial charge is 0.488 e. The van der Waals surface area contributed by atoms with Crippen LogP contribution in [0.4, 0.5) is 13.2 Å². The molecule has 2 aliphatic heterocycles. The van der Waals surface area contributed by atoms with Gasteiger partial charge in [0.2, 0.25) is 10.0 Å². The highest BCUT2D eigenvalue weighted by atomic mass is 32.2. The molecule has 0 aliphatic carbocycles. The molecule has 0 radical (unpaired) electrons. The van der Waals surface area contributed by atoms with Gasteiger partial charge in [-0.2, -0.15) is 13.1 Å². The Morgan fingerprint density at radius 3 is 2.57 bits per heavy atom. The minimum absolute atomic E-state index is 0.0537. The normalized spacial score (nSPS) is 18.7. The molecule has 1 atom stereocenters. The van der Waals surface area contributed by atoms with Crippen LogP contribution in [0, 0.1) is 18.7 Å². The van der Waals surface area contributed by atoms with Crippen molar-refractivity contribution in [1.82, 2.24) is 38.7 Å². The van der Waals surface area contributed by atoms with Gasteiger partial charge in [0.05, 0.1) is 29.1 Å². The second-order valence-corrected chi connectivity index (χ2v) is 14.2. The maximum Gasteiger partial charge on any atom is 0.320 e. The van der Waals surface area contributed by atoms with Gasteiger partial charge in [-0.25, -0.2) is 22.5 Å². The smallest absolute Gasteiger partial charge is 0.320 e. The molecule has 5 heterocycles. The Balaban J connectivity index is 1.17. The van der Waals surface area contributed by atoms with Gasteiger partial charge >= 0.3 is 6.55 Å². The number of halogens is 3. The molecule has 0 spiro atoms. The number of alkyl halides is 2. The third-order valence-corrected chi connectivity index (χ3v) is 10.5. The van der Waals surface area contributed by atoms with Crippen LogP contribution in [-0.4, -0.2) is 91.6 Å². The lowest BCUT2D eigenvalue weighted by Crippen LogP contribution is -2.53. The molecule has 6 rings (SSSR count). The first-order chi connectivity index (χ1) is 22.4. The van der Waals surface area contributed by atoms with Gasteiger partial charge in [-0.05, 0) is 63.8 Å². The van der Waals surface area contributed by atoms with Gasteiger partial charge < -0.3 is 14.7 Å². The Morgan fingerprint density at radius 1 is 1.17 bits per heavy atom. The van der Waals surface area contributed by atoms with Gasteiger partial charge in [-0.15, -0.1) is 5.10 Å². The monoisotopic (exact) mass is 674 g/mol. The Labute approximate surface area is 270 Å². The predicted octanol–water partition coefficient (Wildman–Crippen LogP) is 4.25. The number of ether oxygens (including phenoxy) is 1. The molecule has 16 heteroatoms. The Bertz CT molecular complexity index is 1860. The third-order valence-electron chi connectivity index (χ3n) is 8.84. The van der Waals surface area contributed by atoms with Crippen molar-refractivity contribution in [2.75, 3.05) is 39.3 Å². The van der Waals surface area contributed by atoms with Crippen molar-refractivity contribution in [3.63, 3.8) is 0 Å². The first kappa shape index (κ1) is 33.1. The molecule has 2 saturated heterocycles. The Kier molecular flexibility index (Phi) is 9.13. The summed E-state index contributed by atoms with van der Waals surface area (Å²) in [6.45, 7) is 5.40. The standard InChI is InChI=1S/C31H37F3N8O4S/c1-4-11-47(44,45)40-16-21(17-40)15-39-9-7-24(8-10-39)42-20(2)28(37-38-42)22-12-25-29(41(19-36-25)30(33)34)26(13-22)46-18-31(3,43)27-6-5-23(32)14-35-27/h4-6,11-14,19,21,24,30,43H,7-10,15-18H2,1-3H3/b11-4+. The number of fused-ring (bicyclic) bond motifs is 1. The van der Waals surface area contributed by atoms with Gasteiger partial charge in [0.25, 0.3) is 0 Å². The van der Waals surface area contributed by atoms with Gasteiger partial charge in [0.1, 0.15) is 41.3 Å². The van der Waals surface area contributed by atoms with Crippen molar-refractivity contribution in [2.24, 2.45) is 5.92 Å². The molecule has 4 aromatic rings. The molecule has 2 aliphatic rings. The van der Waals surface area contributed by atoms with E-state index < -0.39 is 28.0 Å². The molecule has 0 bridgehead atoms. The van der Waals surface area contributed by atoms with Crippen molar-refractivity contribution >= 4 is 21.1 Å². The Morgan fingerprint density at radius 2 is 1.91 bits per heavy atom. The first-order valence-electron chi connectivity index (χ1n) is 15.4. The molecule has 12 nitrogen and oxygen atoms in total. The van der Waals surface area contributed by atoms with E-state index in [0.717, 1.165) is 50.7 Å². The van der Waals surface area contributed by atoms with E-state index in [2.05, 4.69) is 25.2 Å². The molecule has 1 aromatic carbocycles. The number of imidazole rings is 1. The molecule has 0 amide bonds. The average molecular weight is 675 g/mol. The topological polar surface area (TPSA) is 132 Å². The number of sulfonamides is 1. The number of aliphatic hydroxyl groups is 1. The van der Waals surface area contributed by atoms with E-state index in [1.807, 2.05) is 11.6 Å². The first-order valence-corrected chi connectivity index (χ1v) is 16.9. The van der Waals surface area contributed by atoms with Crippen molar-refractivity contribution in [3.8, 4) is 17.0 Å². The van der Waals surface area contributed by atoms with Crippen LogP contribution in [0.15, 0.2) is 48.3 Å². The van der Waals surface area contributed by atoms with E-state index in [0.29, 0.717) is 34.8 Å². The lowest BCUT2D eigenvalue weighted by molar-refractivity contribution is 0.00395. The average Bonchev–Trinajstić information content (AvgIpc) is 3.62. The number of pyridine rings is 1. The van der Waals surface area contributed by atoms with Gasteiger partial charge in [-0.1, -0.05) is 11.3 Å². The molecular weight excluding hydrogens is 637 g/mol. The zero-order valence-electron chi connectivity index (χ0n) is 26.3. The Hall–Kier alpha value is -3.86. The van der Waals surface area contributed by atoms with Crippen LogP contribution in [0.1, 0.15) is 50.7 Å². The van der Waals surface area contributed by atoms with E-state index in [1.165, 1.54) is 28.8 Å². The van der Waals surface area contributed by atoms with Gasteiger partial charge in [0.15, 0.2) is 0 Å². The highest BCUT2D eigenvalue weighted by Gasteiger charge is 2.36. The molecule has 2 fully saturated rings. The number of rotatable bonds is 11. The van der Waals surface area contributed by atoms with Crippen LogP contribution in [0.2, 0.25) is 0 Å². The summed E-state index contributed by atoms with van der Waals surface area (Å²) in [6, 6.07) is 5.85. The number of nitrogens with zero attached hydrogens (tertiary/aromatic N) is 8. The van der Waals surface area contributed by atoms with Crippen molar-refractivity contribution in [1.29, 1.82) is 0 Å². The highest BCUT2D eigenvalue weighted by Crippen LogP contribution is 2.36. The molecule has 47 heavy (non-hydrogen) atoms. The summed E-state index contributed by atoms with van der Waals surface area (Å²) in [5.74, 6) is -0.190. The molecule has 1 unspecified atom stereocenters. The summed E-state index contributed by atoms with van der Waals surface area (Å²) in [6.07, 6.45) is 5.24.